The van der Waals surface area contributed by atoms with Gasteiger partial charge in [0.2, 0.25) is 0 Å². The number of imide groups is 1. The molecular formula is C22H24N2O2. The number of fused-ring (bicyclic) bond motifs is 1. The first-order chi connectivity index (χ1) is 12.7. The third kappa shape index (κ3) is 3.36. The van der Waals surface area contributed by atoms with E-state index in [-0.39, 0.29) is 11.8 Å². The van der Waals surface area contributed by atoms with Gasteiger partial charge in [-0.1, -0.05) is 30.3 Å². The van der Waals surface area contributed by atoms with E-state index in [1.54, 1.807) is 12.1 Å². The predicted octanol–water partition coefficient (Wildman–Crippen LogP) is 4.20. The van der Waals surface area contributed by atoms with Gasteiger partial charge in [0.05, 0.1) is 11.1 Å². The van der Waals surface area contributed by atoms with Crippen molar-refractivity contribution in [3.63, 3.8) is 0 Å². The van der Waals surface area contributed by atoms with Crippen LogP contribution in [-0.2, 0) is 0 Å². The van der Waals surface area contributed by atoms with Gasteiger partial charge in [0.25, 0.3) is 11.8 Å². The summed E-state index contributed by atoms with van der Waals surface area (Å²) in [4.78, 5) is 26.5. The molecule has 1 saturated carbocycles. The Morgan fingerprint density at radius 1 is 0.769 bits per heavy atom. The molecule has 2 aromatic rings. The van der Waals surface area contributed by atoms with Crippen LogP contribution in [0.4, 0.5) is 5.69 Å². The second-order valence-corrected chi connectivity index (χ2v) is 7.40. The average Bonchev–Trinajstić information content (AvgIpc) is 2.93. The normalized spacial score (nSPS) is 22.4. The van der Waals surface area contributed by atoms with Crippen LogP contribution in [-0.4, -0.2) is 29.8 Å². The van der Waals surface area contributed by atoms with Crippen LogP contribution in [0.5, 0.6) is 0 Å². The van der Waals surface area contributed by atoms with Crippen LogP contribution in [0.15, 0.2) is 54.6 Å². The number of nitrogens with zero attached hydrogens (tertiary/aromatic N) is 1. The molecule has 2 aromatic carbocycles. The lowest BCUT2D eigenvalue weighted by Gasteiger charge is -2.30. The maximum absolute atomic E-state index is 12.5. The number of para-hydroxylation sites is 1. The first-order valence-corrected chi connectivity index (χ1v) is 9.46. The Morgan fingerprint density at radius 3 is 1.92 bits per heavy atom. The number of amides is 2. The summed E-state index contributed by atoms with van der Waals surface area (Å²) >= 11 is 0. The second-order valence-electron chi connectivity index (χ2n) is 7.40. The van der Waals surface area contributed by atoms with E-state index < -0.39 is 0 Å². The van der Waals surface area contributed by atoms with Gasteiger partial charge in [-0.25, -0.2) is 0 Å². The highest BCUT2D eigenvalue weighted by Gasteiger charge is 2.36. The number of hydrogen-bond donors (Lipinski definition) is 1. The van der Waals surface area contributed by atoms with Gasteiger partial charge in [-0.15, -0.1) is 0 Å². The molecule has 1 aliphatic carbocycles. The van der Waals surface area contributed by atoms with Crippen LogP contribution in [0.2, 0.25) is 0 Å². The Morgan fingerprint density at radius 2 is 1.31 bits per heavy atom. The summed E-state index contributed by atoms with van der Waals surface area (Å²) in [5, 5.41) is 3.51. The second kappa shape index (κ2) is 7.32. The van der Waals surface area contributed by atoms with Crippen LogP contribution >= 0.6 is 0 Å². The molecule has 4 rings (SSSR count). The van der Waals surface area contributed by atoms with Gasteiger partial charge in [0.1, 0.15) is 0 Å². The van der Waals surface area contributed by atoms with Crippen LogP contribution in [0.3, 0.4) is 0 Å². The predicted molar refractivity (Wildman–Crippen MR) is 102 cm³/mol. The lowest BCUT2D eigenvalue weighted by atomic mass is 9.81. The SMILES string of the molecule is O=C1c2ccccc2C(=O)N1CC1CCC(CNc2ccccc2)CC1. The summed E-state index contributed by atoms with van der Waals surface area (Å²) in [6.07, 6.45) is 4.45. The van der Waals surface area contributed by atoms with Crippen LogP contribution in [0, 0.1) is 11.8 Å². The molecule has 4 nitrogen and oxygen atoms in total. The van der Waals surface area contributed by atoms with Crippen molar-refractivity contribution in [1.82, 2.24) is 4.90 Å². The summed E-state index contributed by atoms with van der Waals surface area (Å²) < 4.78 is 0. The van der Waals surface area contributed by atoms with E-state index >= 15 is 0 Å². The highest BCUT2D eigenvalue weighted by atomic mass is 16.2. The molecule has 26 heavy (non-hydrogen) atoms. The van der Waals surface area contributed by atoms with Gasteiger partial charge in [0.15, 0.2) is 0 Å². The molecular weight excluding hydrogens is 324 g/mol. The summed E-state index contributed by atoms with van der Waals surface area (Å²) in [5.74, 6) is 0.829. The van der Waals surface area contributed by atoms with Gasteiger partial charge in [-0.3, -0.25) is 14.5 Å². The first kappa shape index (κ1) is 16.8. The summed E-state index contributed by atoms with van der Waals surface area (Å²) in [5.41, 5.74) is 2.28. The highest BCUT2D eigenvalue weighted by Crippen LogP contribution is 2.32. The fourth-order valence-corrected chi connectivity index (χ4v) is 4.10. The minimum Gasteiger partial charge on any atom is -0.385 e. The van der Waals surface area contributed by atoms with Crippen molar-refractivity contribution in [1.29, 1.82) is 0 Å². The quantitative estimate of drug-likeness (QED) is 0.824. The molecule has 1 N–H and O–H groups in total. The number of rotatable bonds is 5. The largest absolute Gasteiger partial charge is 0.385 e. The molecule has 0 spiro atoms. The number of carbonyl (C=O) groups is 2. The third-order valence-corrected chi connectivity index (χ3v) is 5.65. The highest BCUT2D eigenvalue weighted by molar-refractivity contribution is 6.21. The van der Waals surface area contributed by atoms with E-state index in [9.17, 15) is 9.59 Å². The van der Waals surface area contributed by atoms with Crippen molar-refractivity contribution >= 4 is 17.5 Å². The molecule has 1 fully saturated rings. The van der Waals surface area contributed by atoms with Gasteiger partial charge < -0.3 is 5.32 Å². The molecule has 2 amide bonds. The van der Waals surface area contributed by atoms with Gasteiger partial charge in [-0.05, 0) is 61.8 Å². The zero-order chi connectivity index (χ0) is 17.9. The monoisotopic (exact) mass is 348 g/mol. The molecule has 0 aromatic heterocycles. The Balaban J connectivity index is 1.28. The standard InChI is InChI=1S/C22H24N2O2/c25-21-19-8-4-5-9-20(19)22(26)24(21)15-17-12-10-16(11-13-17)14-23-18-6-2-1-3-7-18/h1-9,16-17,23H,10-15H2. The van der Waals surface area contributed by atoms with E-state index in [1.165, 1.54) is 10.6 Å². The molecule has 4 heteroatoms. The lowest BCUT2D eigenvalue weighted by Crippen LogP contribution is -2.36. The topological polar surface area (TPSA) is 49.4 Å². The van der Waals surface area contributed by atoms with Gasteiger partial charge >= 0.3 is 0 Å². The third-order valence-electron chi connectivity index (χ3n) is 5.65. The number of benzene rings is 2. The zero-order valence-corrected chi connectivity index (χ0v) is 14.9. The molecule has 0 saturated heterocycles. The molecule has 1 heterocycles. The van der Waals surface area contributed by atoms with Crippen molar-refractivity contribution < 1.29 is 9.59 Å². The van der Waals surface area contributed by atoms with E-state index in [0.717, 1.165) is 32.2 Å². The Labute approximate surface area is 154 Å². The van der Waals surface area contributed by atoms with E-state index in [0.29, 0.717) is 29.5 Å². The Kier molecular flexibility index (Phi) is 4.74. The Hall–Kier alpha value is -2.62. The average molecular weight is 348 g/mol. The molecule has 2 aliphatic rings. The minimum absolute atomic E-state index is 0.126. The molecule has 0 radical (unpaired) electrons. The number of nitrogens with one attached hydrogen (secondary N) is 1. The number of hydrogen-bond acceptors (Lipinski definition) is 3. The van der Waals surface area contributed by atoms with Crippen molar-refractivity contribution in [2.45, 2.75) is 25.7 Å². The number of anilines is 1. The molecule has 134 valence electrons. The van der Waals surface area contributed by atoms with Gasteiger partial charge in [-0.2, -0.15) is 0 Å². The smallest absolute Gasteiger partial charge is 0.261 e. The van der Waals surface area contributed by atoms with E-state index in [4.69, 9.17) is 0 Å². The lowest BCUT2D eigenvalue weighted by molar-refractivity contribution is 0.0611. The van der Waals surface area contributed by atoms with Crippen molar-refractivity contribution in [2.75, 3.05) is 18.4 Å². The summed E-state index contributed by atoms with van der Waals surface area (Å²) in [6.45, 7) is 1.55. The molecule has 0 bridgehead atoms. The summed E-state index contributed by atoms with van der Waals surface area (Å²) in [6, 6.07) is 17.4. The minimum atomic E-state index is -0.126. The summed E-state index contributed by atoms with van der Waals surface area (Å²) in [7, 11) is 0. The molecule has 1 aliphatic heterocycles. The van der Waals surface area contributed by atoms with Crippen LogP contribution in [0.25, 0.3) is 0 Å². The maximum atomic E-state index is 12.5. The van der Waals surface area contributed by atoms with Crippen LogP contribution < -0.4 is 5.32 Å². The number of carbonyl (C=O) groups excluding carboxylic acids is 2. The van der Waals surface area contributed by atoms with Crippen molar-refractivity contribution in [2.24, 2.45) is 11.8 Å². The molecule has 0 unspecified atom stereocenters. The van der Waals surface area contributed by atoms with E-state index in [2.05, 4.69) is 17.4 Å². The first-order valence-electron chi connectivity index (χ1n) is 9.46. The van der Waals surface area contributed by atoms with E-state index in [1.807, 2.05) is 30.3 Å². The molecule has 0 atom stereocenters. The fourth-order valence-electron chi connectivity index (χ4n) is 4.10. The van der Waals surface area contributed by atoms with Crippen molar-refractivity contribution in [3.8, 4) is 0 Å². The maximum Gasteiger partial charge on any atom is 0.261 e. The Bertz CT molecular complexity index is 760. The van der Waals surface area contributed by atoms with Gasteiger partial charge in [0, 0.05) is 18.8 Å². The zero-order valence-electron chi connectivity index (χ0n) is 14.9. The van der Waals surface area contributed by atoms with Crippen LogP contribution in [0.1, 0.15) is 46.4 Å². The fraction of sp³-hybridized carbons (Fsp3) is 0.364. The van der Waals surface area contributed by atoms with Crippen molar-refractivity contribution in [3.05, 3.63) is 65.7 Å².